The van der Waals surface area contributed by atoms with Crippen molar-refractivity contribution in [3.8, 4) is 0 Å². The molecule has 0 bridgehead atoms. The average Bonchev–Trinajstić information content (AvgIpc) is 2.65. The van der Waals surface area contributed by atoms with E-state index < -0.39 is 11.0 Å². The monoisotopic (exact) mass is 267 g/mol. The first-order valence-electron chi connectivity index (χ1n) is 7.22. The van der Waals surface area contributed by atoms with E-state index in [2.05, 4.69) is 13.8 Å². The van der Waals surface area contributed by atoms with Crippen molar-refractivity contribution >= 4 is 11.7 Å². The lowest BCUT2D eigenvalue weighted by Crippen LogP contribution is -2.64. The molecule has 0 unspecified atom stereocenters. The SMILES string of the molecule is CC(C)C[C@@]12CC[C@H](CO)N1C(=O)CC(C)(C)C2=O. The molecule has 1 N–H and O–H groups in total. The van der Waals surface area contributed by atoms with E-state index in [-0.39, 0.29) is 30.8 Å². The molecule has 2 atom stereocenters. The van der Waals surface area contributed by atoms with E-state index in [4.69, 9.17) is 0 Å². The Bertz CT molecular complexity index is 402. The Morgan fingerprint density at radius 1 is 1.37 bits per heavy atom. The van der Waals surface area contributed by atoms with E-state index in [0.717, 1.165) is 6.42 Å². The maximum Gasteiger partial charge on any atom is 0.224 e. The van der Waals surface area contributed by atoms with Crippen LogP contribution in [0.4, 0.5) is 0 Å². The van der Waals surface area contributed by atoms with Gasteiger partial charge in [-0.2, -0.15) is 0 Å². The van der Waals surface area contributed by atoms with Crippen molar-refractivity contribution < 1.29 is 14.7 Å². The molecule has 2 heterocycles. The molecule has 2 aliphatic heterocycles. The molecule has 0 aromatic carbocycles. The quantitative estimate of drug-likeness (QED) is 0.847. The molecule has 1 amide bonds. The highest BCUT2D eigenvalue weighted by Crippen LogP contribution is 2.48. The molecule has 2 fully saturated rings. The first-order chi connectivity index (χ1) is 8.74. The van der Waals surface area contributed by atoms with Gasteiger partial charge in [0.05, 0.1) is 12.6 Å². The standard InChI is InChI=1S/C15H25NO3/c1-10(2)7-15-6-5-11(9-17)16(15)12(18)8-14(3,4)13(15)19/h10-11,17H,5-9H2,1-4H3/t11-,15-/m1/s1. The van der Waals surface area contributed by atoms with Crippen molar-refractivity contribution in [2.75, 3.05) is 6.61 Å². The second-order valence-corrected chi connectivity index (χ2v) is 7.16. The Labute approximate surface area is 115 Å². The smallest absolute Gasteiger partial charge is 0.224 e. The van der Waals surface area contributed by atoms with E-state index in [0.29, 0.717) is 18.8 Å². The fourth-order valence-corrected chi connectivity index (χ4v) is 3.98. The second kappa shape index (κ2) is 4.58. The van der Waals surface area contributed by atoms with Gasteiger partial charge in [0.25, 0.3) is 0 Å². The third-order valence-electron chi connectivity index (χ3n) is 4.57. The van der Waals surface area contributed by atoms with Crippen molar-refractivity contribution in [1.29, 1.82) is 0 Å². The fraction of sp³-hybridized carbons (Fsp3) is 0.867. The number of aliphatic hydroxyl groups is 1. The summed E-state index contributed by atoms with van der Waals surface area (Å²) in [6.07, 6.45) is 2.40. The zero-order chi connectivity index (χ0) is 14.4. The summed E-state index contributed by atoms with van der Waals surface area (Å²) < 4.78 is 0. The molecule has 0 aromatic heterocycles. The molecular formula is C15H25NO3. The van der Waals surface area contributed by atoms with Crippen LogP contribution in [0.25, 0.3) is 0 Å². The lowest BCUT2D eigenvalue weighted by molar-refractivity contribution is -0.163. The molecule has 0 spiro atoms. The van der Waals surface area contributed by atoms with Gasteiger partial charge >= 0.3 is 0 Å². The van der Waals surface area contributed by atoms with Gasteiger partial charge in [-0.15, -0.1) is 0 Å². The number of hydrogen-bond donors (Lipinski definition) is 1. The number of nitrogens with zero attached hydrogens (tertiary/aromatic N) is 1. The number of piperidine rings is 1. The Morgan fingerprint density at radius 3 is 2.53 bits per heavy atom. The van der Waals surface area contributed by atoms with Crippen LogP contribution >= 0.6 is 0 Å². The summed E-state index contributed by atoms with van der Waals surface area (Å²) in [5.74, 6) is 0.566. The van der Waals surface area contributed by atoms with Crippen LogP contribution in [0.5, 0.6) is 0 Å². The van der Waals surface area contributed by atoms with Crippen LogP contribution in [0.15, 0.2) is 0 Å². The first kappa shape index (κ1) is 14.5. The van der Waals surface area contributed by atoms with Crippen molar-refractivity contribution in [3.05, 3.63) is 0 Å². The third-order valence-corrected chi connectivity index (χ3v) is 4.57. The summed E-state index contributed by atoms with van der Waals surface area (Å²) in [5.41, 5.74) is -1.24. The van der Waals surface area contributed by atoms with Crippen LogP contribution in [-0.4, -0.2) is 39.9 Å². The zero-order valence-corrected chi connectivity index (χ0v) is 12.4. The minimum absolute atomic E-state index is 0.0294. The summed E-state index contributed by atoms with van der Waals surface area (Å²) in [6.45, 7) is 7.87. The van der Waals surface area contributed by atoms with E-state index in [1.165, 1.54) is 0 Å². The largest absolute Gasteiger partial charge is 0.394 e. The van der Waals surface area contributed by atoms with E-state index >= 15 is 0 Å². The number of carbonyl (C=O) groups is 2. The number of ketones is 1. The van der Waals surface area contributed by atoms with Gasteiger partial charge in [-0.1, -0.05) is 27.7 Å². The van der Waals surface area contributed by atoms with Gasteiger partial charge < -0.3 is 10.0 Å². The lowest BCUT2D eigenvalue weighted by atomic mass is 9.67. The van der Waals surface area contributed by atoms with Crippen molar-refractivity contribution in [3.63, 3.8) is 0 Å². The second-order valence-electron chi connectivity index (χ2n) is 7.16. The Hall–Kier alpha value is -0.900. The van der Waals surface area contributed by atoms with Crippen LogP contribution in [0.3, 0.4) is 0 Å². The number of hydrogen-bond acceptors (Lipinski definition) is 3. The molecule has 2 rings (SSSR count). The molecule has 2 aliphatic rings. The predicted molar refractivity (Wildman–Crippen MR) is 72.5 cm³/mol. The summed E-state index contributed by atoms with van der Waals surface area (Å²) in [6, 6.07) is -0.175. The maximum atomic E-state index is 12.9. The molecule has 0 saturated carbocycles. The predicted octanol–water partition coefficient (Wildman–Crippen LogP) is 1.75. The minimum Gasteiger partial charge on any atom is -0.394 e. The van der Waals surface area contributed by atoms with Gasteiger partial charge in [0.1, 0.15) is 5.54 Å². The average molecular weight is 267 g/mol. The molecule has 4 heteroatoms. The van der Waals surface area contributed by atoms with E-state index in [1.54, 1.807) is 4.90 Å². The van der Waals surface area contributed by atoms with Crippen LogP contribution < -0.4 is 0 Å². The first-order valence-corrected chi connectivity index (χ1v) is 7.22. The Morgan fingerprint density at radius 2 is 2.00 bits per heavy atom. The van der Waals surface area contributed by atoms with Gasteiger partial charge in [0.15, 0.2) is 5.78 Å². The fourth-order valence-electron chi connectivity index (χ4n) is 3.98. The summed E-state index contributed by atoms with van der Waals surface area (Å²) >= 11 is 0. The highest BCUT2D eigenvalue weighted by Gasteiger charge is 2.60. The van der Waals surface area contributed by atoms with Crippen LogP contribution in [0.2, 0.25) is 0 Å². The molecule has 0 radical (unpaired) electrons. The number of Topliss-reactive ketones (excluding diaryl/α,β-unsaturated/α-hetero) is 1. The Kier molecular flexibility index (Phi) is 3.50. The van der Waals surface area contributed by atoms with Gasteiger partial charge in [-0.05, 0) is 25.2 Å². The summed E-state index contributed by atoms with van der Waals surface area (Å²) in [4.78, 5) is 27.1. The number of amides is 1. The van der Waals surface area contributed by atoms with Crippen LogP contribution in [-0.2, 0) is 9.59 Å². The summed E-state index contributed by atoms with van der Waals surface area (Å²) in [5, 5.41) is 9.48. The molecule has 0 aliphatic carbocycles. The highest BCUT2D eigenvalue weighted by atomic mass is 16.3. The van der Waals surface area contributed by atoms with E-state index in [9.17, 15) is 14.7 Å². The topological polar surface area (TPSA) is 57.6 Å². The van der Waals surface area contributed by atoms with Gasteiger partial charge in [-0.25, -0.2) is 0 Å². The molecule has 108 valence electrons. The van der Waals surface area contributed by atoms with Crippen molar-refractivity contribution in [2.45, 2.75) is 65.0 Å². The van der Waals surface area contributed by atoms with Crippen LogP contribution in [0, 0.1) is 11.3 Å². The molecule has 4 nitrogen and oxygen atoms in total. The minimum atomic E-state index is -0.666. The number of aliphatic hydroxyl groups excluding tert-OH is 1. The number of rotatable bonds is 3. The number of fused-ring (bicyclic) bond motifs is 1. The lowest BCUT2D eigenvalue weighted by Gasteiger charge is -2.49. The molecule has 2 saturated heterocycles. The molecule has 19 heavy (non-hydrogen) atoms. The zero-order valence-electron chi connectivity index (χ0n) is 12.4. The van der Waals surface area contributed by atoms with Gasteiger partial charge in [0, 0.05) is 11.8 Å². The normalized spacial score (nSPS) is 34.0. The van der Waals surface area contributed by atoms with Crippen molar-refractivity contribution in [2.24, 2.45) is 11.3 Å². The number of carbonyl (C=O) groups excluding carboxylic acids is 2. The van der Waals surface area contributed by atoms with Crippen molar-refractivity contribution in [1.82, 2.24) is 4.90 Å². The van der Waals surface area contributed by atoms with E-state index in [1.807, 2.05) is 13.8 Å². The maximum absolute atomic E-state index is 12.9. The highest BCUT2D eigenvalue weighted by molar-refractivity contribution is 6.03. The summed E-state index contributed by atoms with van der Waals surface area (Å²) in [7, 11) is 0. The van der Waals surface area contributed by atoms with Gasteiger partial charge in [-0.3, -0.25) is 9.59 Å². The van der Waals surface area contributed by atoms with Crippen LogP contribution in [0.1, 0.15) is 53.4 Å². The molecule has 0 aromatic rings. The molecular weight excluding hydrogens is 242 g/mol. The Balaban J connectivity index is 2.46. The third kappa shape index (κ3) is 2.10. The van der Waals surface area contributed by atoms with Gasteiger partial charge in [0.2, 0.25) is 5.91 Å².